The van der Waals surface area contributed by atoms with Gasteiger partial charge in [-0.1, -0.05) is 44.2 Å². The molecule has 2 rings (SSSR count). The summed E-state index contributed by atoms with van der Waals surface area (Å²) in [7, 11) is -3.37. The first-order chi connectivity index (χ1) is 10.0. The Balaban J connectivity index is 0.00000242. The molecule has 1 saturated heterocycles. The summed E-state index contributed by atoms with van der Waals surface area (Å²) in [6, 6.07) is 10.1. The van der Waals surface area contributed by atoms with Crippen molar-refractivity contribution in [1.29, 1.82) is 0 Å². The van der Waals surface area contributed by atoms with Crippen LogP contribution in [0.1, 0.15) is 25.3 Å². The zero-order chi connectivity index (χ0) is 15.5. The van der Waals surface area contributed by atoms with Gasteiger partial charge in [0.15, 0.2) is 0 Å². The van der Waals surface area contributed by atoms with E-state index < -0.39 is 10.2 Å². The summed E-state index contributed by atoms with van der Waals surface area (Å²) in [4.78, 5) is 0. The normalized spacial score (nSPS) is 22.7. The Bertz CT molecular complexity index is 549. The minimum atomic E-state index is -3.37. The van der Waals surface area contributed by atoms with E-state index >= 15 is 0 Å². The van der Waals surface area contributed by atoms with Gasteiger partial charge in [0.25, 0.3) is 10.2 Å². The lowest BCUT2D eigenvalue weighted by molar-refractivity contribution is 0.373. The van der Waals surface area contributed by atoms with Gasteiger partial charge in [0.1, 0.15) is 0 Å². The zero-order valence-corrected chi connectivity index (χ0v) is 14.8. The Morgan fingerprint density at radius 3 is 2.27 bits per heavy atom. The molecule has 0 amide bonds. The Morgan fingerprint density at radius 1 is 1.18 bits per heavy atom. The molecule has 2 atom stereocenters. The largest absolute Gasteiger partial charge is 0.330 e. The molecule has 1 aliphatic rings. The molecule has 5 nitrogen and oxygen atoms in total. The third kappa shape index (κ3) is 3.81. The van der Waals surface area contributed by atoms with Crippen molar-refractivity contribution < 1.29 is 8.42 Å². The third-order valence-corrected chi connectivity index (χ3v) is 6.42. The van der Waals surface area contributed by atoms with E-state index in [1.54, 1.807) is 4.31 Å². The van der Waals surface area contributed by atoms with Crippen molar-refractivity contribution in [3.05, 3.63) is 35.9 Å². The van der Waals surface area contributed by atoms with Gasteiger partial charge in [0.05, 0.1) is 0 Å². The zero-order valence-electron chi connectivity index (χ0n) is 13.2. The Labute approximate surface area is 140 Å². The van der Waals surface area contributed by atoms with Crippen molar-refractivity contribution >= 4 is 22.6 Å². The van der Waals surface area contributed by atoms with Gasteiger partial charge in [0.2, 0.25) is 0 Å². The fourth-order valence-corrected chi connectivity index (χ4v) is 4.76. The molecule has 7 heteroatoms. The molecule has 1 heterocycles. The molecule has 1 fully saturated rings. The number of nitrogens with two attached hydrogens (primary N) is 1. The van der Waals surface area contributed by atoms with Gasteiger partial charge in [-0.2, -0.15) is 17.0 Å². The van der Waals surface area contributed by atoms with E-state index in [1.807, 2.05) is 32.0 Å². The van der Waals surface area contributed by atoms with E-state index in [0.29, 0.717) is 32.7 Å². The molecule has 0 aromatic heterocycles. The van der Waals surface area contributed by atoms with Crippen LogP contribution in [0, 0.1) is 5.92 Å². The molecule has 0 radical (unpaired) electrons. The van der Waals surface area contributed by atoms with Gasteiger partial charge in [-0.05, 0) is 18.0 Å². The second-order valence-corrected chi connectivity index (χ2v) is 7.35. The molecule has 1 aromatic rings. The minimum absolute atomic E-state index is 0. The summed E-state index contributed by atoms with van der Waals surface area (Å²) in [5.74, 6) is 0.360. The monoisotopic (exact) mass is 347 g/mol. The summed E-state index contributed by atoms with van der Waals surface area (Å²) in [5, 5.41) is 0. The highest BCUT2D eigenvalue weighted by Gasteiger charge is 2.40. The van der Waals surface area contributed by atoms with Crippen LogP contribution < -0.4 is 5.73 Å². The lowest BCUT2D eigenvalue weighted by Crippen LogP contribution is -2.42. The predicted octanol–water partition coefficient (Wildman–Crippen LogP) is 1.67. The van der Waals surface area contributed by atoms with Gasteiger partial charge in [-0.25, -0.2) is 0 Å². The van der Waals surface area contributed by atoms with E-state index in [2.05, 4.69) is 12.1 Å². The van der Waals surface area contributed by atoms with E-state index in [-0.39, 0.29) is 24.2 Å². The van der Waals surface area contributed by atoms with E-state index in [4.69, 9.17) is 5.73 Å². The number of hydrogen-bond acceptors (Lipinski definition) is 3. The summed E-state index contributed by atoms with van der Waals surface area (Å²) in [6.07, 6.45) is 0. The minimum Gasteiger partial charge on any atom is -0.330 e. The molecule has 0 saturated carbocycles. The van der Waals surface area contributed by atoms with Crippen LogP contribution in [0.5, 0.6) is 0 Å². The van der Waals surface area contributed by atoms with Crippen LogP contribution >= 0.6 is 12.4 Å². The van der Waals surface area contributed by atoms with Gasteiger partial charge >= 0.3 is 0 Å². The van der Waals surface area contributed by atoms with Crippen molar-refractivity contribution in [3.8, 4) is 0 Å². The number of hydrogen-bond donors (Lipinski definition) is 1. The number of rotatable bonds is 6. The van der Waals surface area contributed by atoms with Crippen molar-refractivity contribution in [1.82, 2.24) is 8.61 Å². The fraction of sp³-hybridized carbons (Fsp3) is 0.600. The van der Waals surface area contributed by atoms with Gasteiger partial charge < -0.3 is 5.73 Å². The maximum absolute atomic E-state index is 12.6. The second kappa shape index (κ2) is 8.26. The maximum atomic E-state index is 12.6. The SMILES string of the molecule is CCN(CC)S(=O)(=O)N1C[C@@H](CN)[C@H](c2ccccc2)C1.Cl. The second-order valence-electron chi connectivity index (χ2n) is 5.42. The van der Waals surface area contributed by atoms with Crippen LogP contribution in [-0.4, -0.2) is 49.8 Å². The van der Waals surface area contributed by atoms with Crippen LogP contribution in [0.3, 0.4) is 0 Å². The van der Waals surface area contributed by atoms with Gasteiger partial charge in [0, 0.05) is 32.1 Å². The molecule has 0 bridgehead atoms. The molecule has 126 valence electrons. The molecule has 0 spiro atoms. The highest BCUT2D eigenvalue weighted by molar-refractivity contribution is 7.86. The van der Waals surface area contributed by atoms with Crippen LogP contribution in [0.15, 0.2) is 30.3 Å². The van der Waals surface area contributed by atoms with E-state index in [9.17, 15) is 8.42 Å². The summed E-state index contributed by atoms with van der Waals surface area (Å²) < 4.78 is 28.4. The van der Waals surface area contributed by atoms with Crippen molar-refractivity contribution in [2.45, 2.75) is 19.8 Å². The molecule has 1 aliphatic heterocycles. The van der Waals surface area contributed by atoms with Crippen LogP contribution in [0.25, 0.3) is 0 Å². The highest BCUT2D eigenvalue weighted by atomic mass is 35.5. The lowest BCUT2D eigenvalue weighted by Gasteiger charge is -2.25. The van der Waals surface area contributed by atoms with Crippen molar-refractivity contribution in [2.75, 3.05) is 32.7 Å². The van der Waals surface area contributed by atoms with Crippen LogP contribution in [0.2, 0.25) is 0 Å². The Hall–Kier alpha value is -0.660. The summed E-state index contributed by atoms with van der Waals surface area (Å²) >= 11 is 0. The van der Waals surface area contributed by atoms with E-state index in [0.717, 1.165) is 0 Å². The van der Waals surface area contributed by atoms with Crippen molar-refractivity contribution in [3.63, 3.8) is 0 Å². The lowest BCUT2D eigenvalue weighted by atomic mass is 9.89. The van der Waals surface area contributed by atoms with Gasteiger partial charge in [-0.3, -0.25) is 0 Å². The van der Waals surface area contributed by atoms with E-state index in [1.165, 1.54) is 9.87 Å². The van der Waals surface area contributed by atoms with Crippen LogP contribution in [-0.2, 0) is 10.2 Å². The Morgan fingerprint density at radius 2 is 1.77 bits per heavy atom. The van der Waals surface area contributed by atoms with Crippen LogP contribution in [0.4, 0.5) is 0 Å². The number of nitrogens with zero attached hydrogens (tertiary/aromatic N) is 2. The first-order valence-corrected chi connectivity index (χ1v) is 8.94. The molecular formula is C15H26ClN3O2S. The highest BCUT2D eigenvalue weighted by Crippen LogP contribution is 2.34. The Kier molecular flexibility index (Phi) is 7.28. The number of halogens is 1. The fourth-order valence-electron chi connectivity index (χ4n) is 3.05. The summed E-state index contributed by atoms with van der Waals surface area (Å²) in [5.41, 5.74) is 7.04. The molecule has 0 unspecified atom stereocenters. The predicted molar refractivity (Wildman–Crippen MR) is 92.4 cm³/mol. The first-order valence-electron chi connectivity index (χ1n) is 7.54. The number of benzene rings is 1. The van der Waals surface area contributed by atoms with Crippen molar-refractivity contribution in [2.24, 2.45) is 11.7 Å². The molecule has 22 heavy (non-hydrogen) atoms. The first kappa shape index (κ1) is 19.4. The smallest absolute Gasteiger partial charge is 0.281 e. The average Bonchev–Trinajstić information content (AvgIpc) is 2.94. The topological polar surface area (TPSA) is 66.6 Å². The molecule has 0 aliphatic carbocycles. The quantitative estimate of drug-likeness (QED) is 0.851. The maximum Gasteiger partial charge on any atom is 0.281 e. The third-order valence-electron chi connectivity index (χ3n) is 4.30. The summed E-state index contributed by atoms with van der Waals surface area (Å²) in [6.45, 7) is 6.26. The standard InChI is InChI=1S/C15H25N3O2S.ClH/c1-3-17(4-2)21(19,20)18-11-14(10-16)15(12-18)13-8-6-5-7-9-13;/h5-9,14-15H,3-4,10-12,16H2,1-2H3;1H/t14-,15+;/m1./s1. The molecule has 2 N–H and O–H groups in total. The average molecular weight is 348 g/mol. The molecular weight excluding hydrogens is 322 g/mol. The molecule has 1 aromatic carbocycles. The van der Waals surface area contributed by atoms with Gasteiger partial charge in [-0.15, -0.1) is 12.4 Å².